The van der Waals surface area contributed by atoms with Crippen LogP contribution in [-0.2, 0) is 0 Å². The first kappa shape index (κ1) is 12.9. The lowest BCUT2D eigenvalue weighted by Gasteiger charge is -2.46. The van der Waals surface area contributed by atoms with E-state index in [1.807, 2.05) is 0 Å². The Balaban J connectivity index is 2.48. The maximum atomic E-state index is 5.77. The Kier molecular flexibility index (Phi) is 4.56. The fourth-order valence-electron chi connectivity index (χ4n) is 2.27. The van der Waals surface area contributed by atoms with Crippen molar-refractivity contribution < 1.29 is 0 Å². The summed E-state index contributed by atoms with van der Waals surface area (Å²) < 4.78 is 0. The molecule has 1 aliphatic rings. The van der Waals surface area contributed by atoms with E-state index in [1.165, 1.54) is 19.4 Å². The molecule has 90 valence electrons. The predicted molar refractivity (Wildman–Crippen MR) is 66.0 cm³/mol. The van der Waals surface area contributed by atoms with Crippen LogP contribution in [0.2, 0.25) is 0 Å². The van der Waals surface area contributed by atoms with Gasteiger partial charge in [0.1, 0.15) is 0 Å². The molecule has 1 heterocycles. The topological polar surface area (TPSA) is 32.5 Å². The largest absolute Gasteiger partial charge is 0.330 e. The van der Waals surface area contributed by atoms with E-state index in [1.54, 1.807) is 0 Å². The zero-order chi connectivity index (χ0) is 11.5. The molecule has 0 bridgehead atoms. The number of nitrogens with two attached hydrogens (primary N) is 1. The van der Waals surface area contributed by atoms with Gasteiger partial charge in [-0.2, -0.15) is 0 Å². The van der Waals surface area contributed by atoms with Crippen LogP contribution in [-0.4, -0.2) is 55.6 Å². The van der Waals surface area contributed by atoms with Crippen molar-refractivity contribution >= 4 is 0 Å². The van der Waals surface area contributed by atoms with E-state index in [4.69, 9.17) is 5.73 Å². The van der Waals surface area contributed by atoms with E-state index in [9.17, 15) is 0 Å². The lowest BCUT2D eigenvalue weighted by Crippen LogP contribution is -2.53. The second kappa shape index (κ2) is 5.28. The Hall–Kier alpha value is -0.120. The summed E-state index contributed by atoms with van der Waals surface area (Å²) in [4.78, 5) is 4.86. The van der Waals surface area contributed by atoms with Crippen LogP contribution in [0.5, 0.6) is 0 Å². The lowest BCUT2D eigenvalue weighted by atomic mass is 9.85. The molecule has 1 unspecified atom stereocenters. The average molecular weight is 213 g/mol. The molecule has 15 heavy (non-hydrogen) atoms. The number of hydrogen-bond donors (Lipinski definition) is 1. The van der Waals surface area contributed by atoms with Gasteiger partial charge in [0.05, 0.1) is 0 Å². The summed E-state index contributed by atoms with van der Waals surface area (Å²) in [6.45, 7) is 9.04. The van der Waals surface area contributed by atoms with Crippen LogP contribution >= 0.6 is 0 Å². The van der Waals surface area contributed by atoms with Gasteiger partial charge in [0, 0.05) is 25.2 Å². The molecule has 0 aromatic heterocycles. The van der Waals surface area contributed by atoms with Crippen LogP contribution in [0.1, 0.15) is 26.7 Å². The zero-order valence-corrected chi connectivity index (χ0v) is 10.8. The van der Waals surface area contributed by atoms with Gasteiger partial charge in [-0.25, -0.2) is 0 Å². The van der Waals surface area contributed by atoms with Crippen molar-refractivity contribution in [1.29, 1.82) is 0 Å². The summed E-state index contributed by atoms with van der Waals surface area (Å²) in [5.41, 5.74) is 6.14. The van der Waals surface area contributed by atoms with E-state index >= 15 is 0 Å². The molecule has 3 nitrogen and oxygen atoms in total. The highest BCUT2D eigenvalue weighted by Gasteiger charge is 2.33. The van der Waals surface area contributed by atoms with Crippen LogP contribution in [0.3, 0.4) is 0 Å². The minimum absolute atomic E-state index is 0.363. The number of hydrogen-bond acceptors (Lipinski definition) is 3. The molecular weight excluding hydrogens is 186 g/mol. The Morgan fingerprint density at radius 2 is 2.07 bits per heavy atom. The molecule has 1 atom stereocenters. The normalized spacial score (nSPS) is 27.2. The quantitative estimate of drug-likeness (QED) is 0.756. The standard InChI is InChI=1S/C12H27N3/c1-12(2)6-5-11(9-13)10-15(12)8-7-14(3)4/h11H,5-10,13H2,1-4H3. The van der Waals surface area contributed by atoms with E-state index in [0.29, 0.717) is 11.5 Å². The number of likely N-dealkylation sites (N-methyl/N-ethyl adjacent to an activating group) is 1. The zero-order valence-electron chi connectivity index (χ0n) is 10.8. The van der Waals surface area contributed by atoms with Gasteiger partial charge in [-0.3, -0.25) is 4.90 Å². The highest BCUT2D eigenvalue weighted by atomic mass is 15.2. The summed E-state index contributed by atoms with van der Waals surface area (Å²) in [7, 11) is 4.27. The first-order valence-electron chi connectivity index (χ1n) is 6.05. The second-order valence-electron chi connectivity index (χ2n) is 5.70. The SMILES string of the molecule is CN(C)CCN1CC(CN)CCC1(C)C. The third kappa shape index (κ3) is 3.74. The molecule has 1 rings (SSSR count). The Morgan fingerprint density at radius 3 is 2.60 bits per heavy atom. The third-order valence-corrected chi connectivity index (χ3v) is 3.65. The van der Waals surface area contributed by atoms with Gasteiger partial charge in [0.15, 0.2) is 0 Å². The van der Waals surface area contributed by atoms with Crippen molar-refractivity contribution in [3.8, 4) is 0 Å². The summed E-state index contributed by atoms with van der Waals surface area (Å²) >= 11 is 0. The molecular formula is C12H27N3. The Labute approximate surface area is 94.6 Å². The number of likely N-dealkylation sites (tertiary alicyclic amines) is 1. The summed E-state index contributed by atoms with van der Waals surface area (Å²) in [5.74, 6) is 0.709. The van der Waals surface area contributed by atoms with Gasteiger partial charge < -0.3 is 10.6 Å². The van der Waals surface area contributed by atoms with Crippen LogP contribution < -0.4 is 5.73 Å². The van der Waals surface area contributed by atoms with Gasteiger partial charge in [0.25, 0.3) is 0 Å². The maximum absolute atomic E-state index is 5.77. The van der Waals surface area contributed by atoms with Crippen molar-refractivity contribution in [3.63, 3.8) is 0 Å². The Morgan fingerprint density at radius 1 is 1.40 bits per heavy atom. The third-order valence-electron chi connectivity index (χ3n) is 3.65. The van der Waals surface area contributed by atoms with Gasteiger partial charge >= 0.3 is 0 Å². The summed E-state index contributed by atoms with van der Waals surface area (Å²) in [5, 5.41) is 0. The highest BCUT2D eigenvalue weighted by molar-refractivity contribution is 4.89. The van der Waals surface area contributed by atoms with Crippen LogP contribution in [0.4, 0.5) is 0 Å². The first-order chi connectivity index (χ1) is 6.95. The second-order valence-corrected chi connectivity index (χ2v) is 5.70. The molecule has 0 aliphatic carbocycles. The molecule has 1 aliphatic heterocycles. The fourth-order valence-corrected chi connectivity index (χ4v) is 2.27. The molecule has 0 radical (unpaired) electrons. The molecule has 0 aromatic rings. The van der Waals surface area contributed by atoms with Crippen LogP contribution in [0.25, 0.3) is 0 Å². The predicted octanol–water partition coefficient (Wildman–Crippen LogP) is 0.997. The minimum Gasteiger partial charge on any atom is -0.330 e. The van der Waals surface area contributed by atoms with E-state index < -0.39 is 0 Å². The van der Waals surface area contributed by atoms with Crippen LogP contribution in [0, 0.1) is 5.92 Å². The van der Waals surface area contributed by atoms with Crippen molar-refractivity contribution in [1.82, 2.24) is 9.80 Å². The smallest absolute Gasteiger partial charge is 0.0154 e. The molecule has 2 N–H and O–H groups in total. The van der Waals surface area contributed by atoms with E-state index in [2.05, 4.69) is 37.7 Å². The van der Waals surface area contributed by atoms with Gasteiger partial charge in [0.2, 0.25) is 0 Å². The molecule has 1 saturated heterocycles. The lowest BCUT2D eigenvalue weighted by molar-refractivity contribution is 0.0424. The monoisotopic (exact) mass is 213 g/mol. The molecule has 0 amide bonds. The van der Waals surface area contributed by atoms with Crippen LogP contribution in [0.15, 0.2) is 0 Å². The van der Waals surface area contributed by atoms with Gasteiger partial charge in [-0.1, -0.05) is 0 Å². The van der Waals surface area contributed by atoms with E-state index in [-0.39, 0.29) is 0 Å². The molecule has 0 saturated carbocycles. The Bertz CT molecular complexity index is 189. The van der Waals surface area contributed by atoms with Crippen molar-refractivity contribution in [3.05, 3.63) is 0 Å². The first-order valence-corrected chi connectivity index (χ1v) is 6.05. The number of piperidine rings is 1. The number of nitrogens with zero attached hydrogens (tertiary/aromatic N) is 2. The van der Waals surface area contributed by atoms with Crippen molar-refractivity contribution in [2.45, 2.75) is 32.2 Å². The summed E-state index contributed by atoms with van der Waals surface area (Å²) in [6.07, 6.45) is 2.57. The van der Waals surface area contributed by atoms with Crippen molar-refractivity contribution in [2.24, 2.45) is 11.7 Å². The van der Waals surface area contributed by atoms with Gasteiger partial charge in [-0.15, -0.1) is 0 Å². The fraction of sp³-hybridized carbons (Fsp3) is 1.00. The minimum atomic E-state index is 0.363. The number of rotatable bonds is 4. The molecule has 3 heteroatoms. The maximum Gasteiger partial charge on any atom is 0.0154 e. The van der Waals surface area contributed by atoms with Gasteiger partial charge in [-0.05, 0) is 53.2 Å². The molecule has 1 fully saturated rings. The summed E-state index contributed by atoms with van der Waals surface area (Å²) in [6, 6.07) is 0. The average Bonchev–Trinajstić information content (AvgIpc) is 2.15. The highest BCUT2D eigenvalue weighted by Crippen LogP contribution is 2.29. The molecule has 0 aromatic carbocycles. The van der Waals surface area contributed by atoms with Crippen molar-refractivity contribution in [2.75, 3.05) is 40.3 Å². The van der Waals surface area contributed by atoms with E-state index in [0.717, 1.165) is 19.6 Å². The molecule has 0 spiro atoms.